The van der Waals surface area contributed by atoms with Crippen molar-refractivity contribution in [2.24, 2.45) is 7.05 Å². The van der Waals surface area contributed by atoms with Crippen LogP contribution in [0.5, 0.6) is 0 Å². The summed E-state index contributed by atoms with van der Waals surface area (Å²) in [6.07, 6.45) is 3.82. The lowest BCUT2D eigenvalue weighted by Crippen LogP contribution is -2.46. The van der Waals surface area contributed by atoms with Gasteiger partial charge in [-0.05, 0) is 30.3 Å². The Morgan fingerprint density at radius 1 is 0.967 bits per heavy atom. The van der Waals surface area contributed by atoms with Crippen molar-refractivity contribution in [3.63, 3.8) is 0 Å². The Morgan fingerprint density at radius 2 is 1.73 bits per heavy atom. The molecule has 0 radical (unpaired) electrons. The van der Waals surface area contributed by atoms with Gasteiger partial charge in [0.1, 0.15) is 11.6 Å². The number of rotatable bonds is 4. The third-order valence-corrected chi connectivity index (χ3v) is 5.79. The van der Waals surface area contributed by atoms with E-state index >= 15 is 0 Å². The highest BCUT2D eigenvalue weighted by atomic mass is 35.5. The number of aromatic nitrogens is 6. The van der Waals surface area contributed by atoms with E-state index < -0.39 is 0 Å². The number of hydrogen-bond acceptors (Lipinski definition) is 6. The standard InChI is InChI=1S/C20H20Cl2N8/c1-27-5-4-23-19(27)13-28-6-8-29(9-7-28)18-3-2-17-24-25-20(30(17)26-18)14-10-15(21)12-16(22)11-14/h2-5,10-12H,6-9,13H2,1H3. The van der Waals surface area contributed by atoms with Gasteiger partial charge in [-0.15, -0.1) is 15.3 Å². The molecule has 1 aliphatic rings. The molecular formula is C20H20Cl2N8. The number of hydrogen-bond donors (Lipinski definition) is 0. The number of imidazole rings is 1. The number of anilines is 1. The fourth-order valence-corrected chi connectivity index (χ4v) is 4.22. The Labute approximate surface area is 183 Å². The van der Waals surface area contributed by atoms with Gasteiger partial charge < -0.3 is 9.47 Å². The third kappa shape index (κ3) is 3.74. The van der Waals surface area contributed by atoms with Crippen LogP contribution in [0.15, 0.2) is 42.7 Å². The van der Waals surface area contributed by atoms with Gasteiger partial charge in [-0.2, -0.15) is 4.52 Å². The number of benzene rings is 1. The summed E-state index contributed by atoms with van der Waals surface area (Å²) in [5.41, 5.74) is 1.46. The molecule has 10 heteroatoms. The summed E-state index contributed by atoms with van der Waals surface area (Å²) in [5.74, 6) is 2.59. The number of aryl methyl sites for hydroxylation is 1. The maximum atomic E-state index is 6.16. The van der Waals surface area contributed by atoms with Gasteiger partial charge in [-0.1, -0.05) is 23.2 Å². The van der Waals surface area contributed by atoms with Crippen LogP contribution in [0, 0.1) is 0 Å². The largest absolute Gasteiger partial charge is 0.353 e. The summed E-state index contributed by atoms with van der Waals surface area (Å²) < 4.78 is 3.81. The lowest BCUT2D eigenvalue weighted by Gasteiger charge is -2.35. The molecule has 0 atom stereocenters. The number of piperazine rings is 1. The van der Waals surface area contributed by atoms with E-state index in [1.54, 1.807) is 10.6 Å². The summed E-state index contributed by atoms with van der Waals surface area (Å²) in [7, 11) is 2.03. The molecule has 154 valence electrons. The second-order valence-electron chi connectivity index (χ2n) is 7.36. The summed E-state index contributed by atoms with van der Waals surface area (Å²) in [5, 5.41) is 14.4. The topological polar surface area (TPSA) is 67.4 Å². The molecule has 0 amide bonds. The minimum atomic E-state index is 0.550. The molecule has 3 aromatic heterocycles. The summed E-state index contributed by atoms with van der Waals surface area (Å²) in [6, 6.07) is 9.25. The monoisotopic (exact) mass is 442 g/mol. The normalized spacial score (nSPS) is 15.2. The Balaban J connectivity index is 1.36. The van der Waals surface area contributed by atoms with E-state index in [4.69, 9.17) is 28.3 Å². The van der Waals surface area contributed by atoms with Crippen molar-refractivity contribution in [3.05, 3.63) is 58.6 Å². The van der Waals surface area contributed by atoms with E-state index in [-0.39, 0.29) is 0 Å². The van der Waals surface area contributed by atoms with Crippen LogP contribution < -0.4 is 4.90 Å². The third-order valence-electron chi connectivity index (χ3n) is 5.35. The zero-order valence-corrected chi connectivity index (χ0v) is 17.9. The van der Waals surface area contributed by atoms with E-state index in [0.717, 1.165) is 49.9 Å². The second kappa shape index (κ2) is 7.86. The van der Waals surface area contributed by atoms with Crippen LogP contribution in [0.4, 0.5) is 5.82 Å². The number of nitrogens with zero attached hydrogens (tertiary/aromatic N) is 8. The molecule has 5 rings (SSSR count). The number of halogens is 2. The van der Waals surface area contributed by atoms with Gasteiger partial charge in [0.15, 0.2) is 11.5 Å². The van der Waals surface area contributed by atoms with Crippen LogP contribution >= 0.6 is 23.2 Å². The summed E-state index contributed by atoms with van der Waals surface area (Å²) in [4.78, 5) is 9.12. The molecule has 0 spiro atoms. The molecule has 1 aromatic carbocycles. The van der Waals surface area contributed by atoms with Crippen LogP contribution in [0.25, 0.3) is 17.0 Å². The molecule has 0 aliphatic carbocycles. The Bertz CT molecular complexity index is 1170. The van der Waals surface area contributed by atoms with Gasteiger partial charge in [0.2, 0.25) is 0 Å². The lowest BCUT2D eigenvalue weighted by atomic mass is 10.2. The van der Waals surface area contributed by atoms with Crippen molar-refractivity contribution >= 4 is 34.7 Å². The molecule has 30 heavy (non-hydrogen) atoms. The van der Waals surface area contributed by atoms with Gasteiger partial charge in [-0.3, -0.25) is 4.90 Å². The zero-order chi connectivity index (χ0) is 20.7. The highest BCUT2D eigenvalue weighted by Gasteiger charge is 2.20. The van der Waals surface area contributed by atoms with Gasteiger partial charge in [0.05, 0.1) is 6.54 Å². The first-order chi connectivity index (χ1) is 14.6. The van der Waals surface area contributed by atoms with Crippen molar-refractivity contribution < 1.29 is 0 Å². The van der Waals surface area contributed by atoms with E-state index in [1.807, 2.05) is 43.7 Å². The van der Waals surface area contributed by atoms with Gasteiger partial charge >= 0.3 is 0 Å². The Kier molecular flexibility index (Phi) is 5.06. The van der Waals surface area contributed by atoms with Crippen LogP contribution in [0.1, 0.15) is 5.82 Å². The Morgan fingerprint density at radius 3 is 2.43 bits per heavy atom. The molecule has 8 nitrogen and oxygen atoms in total. The van der Waals surface area contributed by atoms with Gasteiger partial charge in [0, 0.05) is 61.2 Å². The summed E-state index contributed by atoms with van der Waals surface area (Å²) >= 11 is 12.3. The maximum Gasteiger partial charge on any atom is 0.185 e. The highest BCUT2D eigenvalue weighted by molar-refractivity contribution is 6.35. The molecule has 1 saturated heterocycles. The first kappa shape index (κ1) is 19.3. The van der Waals surface area contributed by atoms with Crippen LogP contribution in [0.3, 0.4) is 0 Å². The average molecular weight is 443 g/mol. The highest BCUT2D eigenvalue weighted by Crippen LogP contribution is 2.27. The maximum absolute atomic E-state index is 6.16. The van der Waals surface area contributed by atoms with Gasteiger partial charge in [0.25, 0.3) is 0 Å². The molecule has 1 aliphatic heterocycles. The van der Waals surface area contributed by atoms with E-state index in [1.165, 1.54) is 0 Å². The van der Waals surface area contributed by atoms with Crippen molar-refractivity contribution in [1.82, 2.24) is 34.3 Å². The fraction of sp³-hybridized carbons (Fsp3) is 0.300. The minimum absolute atomic E-state index is 0.550. The first-order valence-corrected chi connectivity index (χ1v) is 10.4. The van der Waals surface area contributed by atoms with Crippen LogP contribution in [0.2, 0.25) is 10.0 Å². The smallest absolute Gasteiger partial charge is 0.185 e. The predicted molar refractivity (Wildman–Crippen MR) is 117 cm³/mol. The molecule has 4 aromatic rings. The van der Waals surface area contributed by atoms with Crippen molar-refractivity contribution in [2.75, 3.05) is 31.1 Å². The average Bonchev–Trinajstić information content (AvgIpc) is 3.33. The quantitative estimate of drug-likeness (QED) is 0.483. The van der Waals surface area contributed by atoms with Crippen LogP contribution in [-0.2, 0) is 13.6 Å². The lowest BCUT2D eigenvalue weighted by molar-refractivity contribution is 0.241. The minimum Gasteiger partial charge on any atom is -0.353 e. The molecule has 4 heterocycles. The fourth-order valence-electron chi connectivity index (χ4n) is 3.69. The zero-order valence-electron chi connectivity index (χ0n) is 16.4. The number of fused-ring (bicyclic) bond motifs is 1. The molecule has 1 fully saturated rings. The van der Waals surface area contributed by atoms with Crippen molar-refractivity contribution in [3.8, 4) is 11.4 Å². The first-order valence-electron chi connectivity index (χ1n) is 9.69. The summed E-state index contributed by atoms with van der Waals surface area (Å²) in [6.45, 7) is 4.54. The van der Waals surface area contributed by atoms with Gasteiger partial charge in [-0.25, -0.2) is 4.98 Å². The SMILES string of the molecule is Cn1ccnc1CN1CCN(c2ccc3nnc(-c4cc(Cl)cc(Cl)c4)n3n2)CC1. The van der Waals surface area contributed by atoms with E-state index in [0.29, 0.717) is 21.5 Å². The molecular weight excluding hydrogens is 423 g/mol. The second-order valence-corrected chi connectivity index (χ2v) is 8.23. The molecule has 0 bridgehead atoms. The van der Waals surface area contributed by atoms with Crippen LogP contribution in [-0.4, -0.2) is 60.4 Å². The van der Waals surface area contributed by atoms with Crippen molar-refractivity contribution in [2.45, 2.75) is 6.54 Å². The van der Waals surface area contributed by atoms with E-state index in [9.17, 15) is 0 Å². The predicted octanol–water partition coefficient (Wildman–Crippen LogP) is 3.15. The van der Waals surface area contributed by atoms with E-state index in [2.05, 4.69) is 29.5 Å². The molecule has 0 unspecified atom stereocenters. The molecule has 0 N–H and O–H groups in total. The van der Waals surface area contributed by atoms with Crippen molar-refractivity contribution in [1.29, 1.82) is 0 Å². The Hall–Kier alpha value is -2.68. The molecule has 0 saturated carbocycles.